The minimum atomic E-state index is -0.00128. The number of thiazole rings is 1. The molecule has 1 unspecified atom stereocenters. The van der Waals surface area contributed by atoms with E-state index in [0.29, 0.717) is 16.7 Å². The number of rotatable bonds is 6. The molecule has 0 aliphatic heterocycles. The first-order chi connectivity index (χ1) is 9.61. The Hall–Kier alpha value is -0.650. The first-order valence-corrected chi connectivity index (χ1v) is 7.84. The van der Waals surface area contributed by atoms with Crippen LogP contribution in [0.2, 0.25) is 10.0 Å². The van der Waals surface area contributed by atoms with Crippen LogP contribution in [0.1, 0.15) is 22.3 Å². The lowest BCUT2D eigenvalue weighted by molar-refractivity contribution is 0.197. The molecule has 2 rings (SSSR count). The summed E-state index contributed by atoms with van der Waals surface area (Å²) < 4.78 is 5.09. The third-order valence-electron chi connectivity index (χ3n) is 2.82. The summed E-state index contributed by atoms with van der Waals surface area (Å²) in [4.78, 5) is 4.56. The smallest absolute Gasteiger partial charge is 0.114 e. The number of halogens is 2. The second-order valence-corrected chi connectivity index (χ2v) is 6.08. The number of ether oxygens (including phenoxy) is 1. The molecule has 0 aliphatic carbocycles. The Morgan fingerprint density at radius 1 is 1.35 bits per heavy atom. The van der Waals surface area contributed by atoms with E-state index in [-0.39, 0.29) is 6.04 Å². The zero-order valence-electron chi connectivity index (χ0n) is 11.3. The van der Waals surface area contributed by atoms with Gasteiger partial charge in [0.05, 0.1) is 22.7 Å². The van der Waals surface area contributed by atoms with Crippen LogP contribution in [0.3, 0.4) is 0 Å². The summed E-state index contributed by atoms with van der Waals surface area (Å²) in [6.07, 6.45) is 0. The van der Waals surface area contributed by atoms with Crippen molar-refractivity contribution in [3.63, 3.8) is 0 Å². The number of nitrogens with one attached hydrogen (secondary N) is 1. The van der Waals surface area contributed by atoms with Gasteiger partial charge in [0.2, 0.25) is 0 Å². The second-order valence-electron chi connectivity index (χ2n) is 4.38. The molecule has 0 aliphatic rings. The summed E-state index contributed by atoms with van der Waals surface area (Å²) in [6.45, 7) is 3.36. The van der Waals surface area contributed by atoms with Crippen molar-refractivity contribution in [2.24, 2.45) is 0 Å². The molecule has 1 atom stereocenters. The third-order valence-corrected chi connectivity index (χ3v) is 4.58. The maximum absolute atomic E-state index is 6.11. The molecule has 1 aromatic heterocycles. The quantitative estimate of drug-likeness (QED) is 0.810. The molecule has 6 heteroatoms. The highest BCUT2D eigenvalue weighted by Crippen LogP contribution is 2.30. The molecule has 3 nitrogen and oxygen atoms in total. The minimum Gasteiger partial charge on any atom is -0.383 e. The Balaban J connectivity index is 2.27. The van der Waals surface area contributed by atoms with E-state index in [0.717, 1.165) is 22.8 Å². The number of aryl methyl sites for hydroxylation is 1. The van der Waals surface area contributed by atoms with Gasteiger partial charge in [-0.1, -0.05) is 29.3 Å². The summed E-state index contributed by atoms with van der Waals surface area (Å²) in [6, 6.07) is 5.66. The van der Waals surface area contributed by atoms with Gasteiger partial charge in [0.1, 0.15) is 5.01 Å². The number of hydrogen-bond donors (Lipinski definition) is 1. The van der Waals surface area contributed by atoms with Crippen molar-refractivity contribution < 1.29 is 4.74 Å². The van der Waals surface area contributed by atoms with Crippen molar-refractivity contribution >= 4 is 34.5 Å². The zero-order valence-corrected chi connectivity index (χ0v) is 13.6. The summed E-state index contributed by atoms with van der Waals surface area (Å²) >= 11 is 13.7. The molecule has 2 aromatic rings. The van der Waals surface area contributed by atoms with Gasteiger partial charge in [0.25, 0.3) is 0 Å². The van der Waals surface area contributed by atoms with Crippen LogP contribution in [0.25, 0.3) is 0 Å². The summed E-state index contributed by atoms with van der Waals surface area (Å²) in [5.41, 5.74) is 2.06. The van der Waals surface area contributed by atoms with Crippen molar-refractivity contribution in [1.82, 2.24) is 10.3 Å². The molecule has 0 spiro atoms. The fourth-order valence-electron chi connectivity index (χ4n) is 1.85. The standard InChI is InChI=1S/C14H16Cl2N2OS/c1-9-8-20-14(18-9)13(17-5-6-19-2)10-3-4-11(15)12(16)7-10/h3-4,7-8,13,17H,5-6H2,1-2H3. The van der Waals surface area contributed by atoms with E-state index in [4.69, 9.17) is 27.9 Å². The molecule has 1 N–H and O–H groups in total. The fraction of sp³-hybridized carbons (Fsp3) is 0.357. The van der Waals surface area contributed by atoms with E-state index in [2.05, 4.69) is 10.3 Å². The number of hydrogen-bond acceptors (Lipinski definition) is 4. The van der Waals surface area contributed by atoms with Crippen molar-refractivity contribution in [3.8, 4) is 0 Å². The highest BCUT2D eigenvalue weighted by molar-refractivity contribution is 7.09. The first-order valence-electron chi connectivity index (χ1n) is 6.21. The molecular weight excluding hydrogens is 315 g/mol. The van der Waals surface area contributed by atoms with Gasteiger partial charge in [-0.25, -0.2) is 4.98 Å². The van der Waals surface area contributed by atoms with Crippen molar-refractivity contribution in [2.75, 3.05) is 20.3 Å². The Bertz CT molecular complexity index is 574. The minimum absolute atomic E-state index is 0.00128. The van der Waals surface area contributed by atoms with E-state index in [1.807, 2.05) is 30.5 Å². The first kappa shape index (κ1) is 15.7. The molecule has 0 saturated carbocycles. The Morgan fingerprint density at radius 3 is 2.75 bits per heavy atom. The molecule has 0 amide bonds. The van der Waals surface area contributed by atoms with Crippen LogP contribution in [-0.4, -0.2) is 25.2 Å². The van der Waals surface area contributed by atoms with Crippen molar-refractivity contribution in [2.45, 2.75) is 13.0 Å². The SMILES string of the molecule is COCCNC(c1ccc(Cl)c(Cl)c1)c1nc(C)cs1. The lowest BCUT2D eigenvalue weighted by Gasteiger charge is -2.17. The van der Waals surface area contributed by atoms with Gasteiger partial charge in [0, 0.05) is 24.7 Å². The lowest BCUT2D eigenvalue weighted by Crippen LogP contribution is -2.26. The highest BCUT2D eigenvalue weighted by atomic mass is 35.5. The van der Waals surface area contributed by atoms with E-state index >= 15 is 0 Å². The van der Waals surface area contributed by atoms with Gasteiger partial charge in [-0.3, -0.25) is 0 Å². The molecular formula is C14H16Cl2N2OS. The van der Waals surface area contributed by atoms with Crippen LogP contribution < -0.4 is 5.32 Å². The Labute approximate surface area is 132 Å². The molecule has 1 aromatic carbocycles. The maximum atomic E-state index is 6.11. The fourth-order valence-corrected chi connectivity index (χ4v) is 3.05. The van der Waals surface area contributed by atoms with Gasteiger partial charge >= 0.3 is 0 Å². The molecule has 0 fully saturated rings. The van der Waals surface area contributed by atoms with E-state index in [9.17, 15) is 0 Å². The molecule has 0 saturated heterocycles. The lowest BCUT2D eigenvalue weighted by atomic mass is 10.1. The Morgan fingerprint density at radius 2 is 2.15 bits per heavy atom. The number of benzene rings is 1. The van der Waals surface area contributed by atoms with Crippen LogP contribution in [0, 0.1) is 6.92 Å². The average molecular weight is 331 g/mol. The molecule has 20 heavy (non-hydrogen) atoms. The van der Waals surface area contributed by atoms with E-state index in [1.165, 1.54) is 0 Å². The van der Waals surface area contributed by atoms with Gasteiger partial charge in [0.15, 0.2) is 0 Å². The average Bonchev–Trinajstić information content (AvgIpc) is 2.85. The summed E-state index contributed by atoms with van der Waals surface area (Å²) in [7, 11) is 1.68. The largest absolute Gasteiger partial charge is 0.383 e. The maximum Gasteiger partial charge on any atom is 0.114 e. The number of nitrogens with zero attached hydrogens (tertiary/aromatic N) is 1. The highest BCUT2D eigenvalue weighted by Gasteiger charge is 2.17. The van der Waals surface area contributed by atoms with Crippen LogP contribution in [0.5, 0.6) is 0 Å². The van der Waals surface area contributed by atoms with Gasteiger partial charge in [-0.2, -0.15) is 0 Å². The molecule has 108 valence electrons. The van der Waals surface area contributed by atoms with Crippen LogP contribution in [0.15, 0.2) is 23.6 Å². The number of aromatic nitrogens is 1. The Kier molecular flexibility index (Phi) is 5.81. The van der Waals surface area contributed by atoms with E-state index < -0.39 is 0 Å². The van der Waals surface area contributed by atoms with E-state index in [1.54, 1.807) is 18.4 Å². The summed E-state index contributed by atoms with van der Waals surface area (Å²) in [5.74, 6) is 0. The van der Waals surface area contributed by atoms with Gasteiger partial charge < -0.3 is 10.1 Å². The van der Waals surface area contributed by atoms with Crippen LogP contribution >= 0.6 is 34.5 Å². The normalized spacial score (nSPS) is 12.6. The predicted molar refractivity (Wildman–Crippen MR) is 85.0 cm³/mol. The topological polar surface area (TPSA) is 34.1 Å². The molecule has 0 bridgehead atoms. The van der Waals surface area contributed by atoms with Gasteiger partial charge in [-0.15, -0.1) is 11.3 Å². The number of methoxy groups -OCH3 is 1. The van der Waals surface area contributed by atoms with Crippen molar-refractivity contribution in [3.05, 3.63) is 49.9 Å². The van der Waals surface area contributed by atoms with Crippen LogP contribution in [-0.2, 0) is 4.74 Å². The zero-order chi connectivity index (χ0) is 14.5. The second kappa shape index (κ2) is 7.38. The summed E-state index contributed by atoms with van der Waals surface area (Å²) in [5, 5.41) is 7.59. The third kappa shape index (κ3) is 3.93. The monoisotopic (exact) mass is 330 g/mol. The van der Waals surface area contributed by atoms with Gasteiger partial charge in [-0.05, 0) is 24.6 Å². The predicted octanol–water partition coefficient (Wildman–Crippen LogP) is 4.08. The van der Waals surface area contributed by atoms with Crippen LogP contribution in [0.4, 0.5) is 0 Å². The molecule has 0 radical (unpaired) electrons. The molecule has 1 heterocycles. The van der Waals surface area contributed by atoms with Crippen molar-refractivity contribution in [1.29, 1.82) is 0 Å².